The van der Waals surface area contributed by atoms with E-state index >= 15 is 0 Å². The van der Waals surface area contributed by atoms with Crippen molar-refractivity contribution in [2.75, 3.05) is 18.0 Å². The molecule has 0 aromatic heterocycles. The van der Waals surface area contributed by atoms with Gasteiger partial charge in [-0.1, -0.05) is 21.9 Å². The third-order valence-electron chi connectivity index (χ3n) is 2.19. The molecule has 0 bridgehead atoms. The summed E-state index contributed by atoms with van der Waals surface area (Å²) in [5.41, 5.74) is 0.905. The van der Waals surface area contributed by atoms with E-state index in [1.807, 2.05) is 11.8 Å². The van der Waals surface area contributed by atoms with Crippen molar-refractivity contribution in [1.29, 1.82) is 0 Å². The van der Waals surface area contributed by atoms with Crippen molar-refractivity contribution in [3.63, 3.8) is 0 Å². The first-order valence-electron chi connectivity index (χ1n) is 4.81. The minimum absolute atomic E-state index is 0.256. The molecular formula is C12H12BrNO2. The van der Waals surface area contributed by atoms with Crippen LogP contribution in [0.1, 0.15) is 17.3 Å². The first-order valence-corrected chi connectivity index (χ1v) is 5.60. The number of hydrogen-bond acceptors (Lipinski definition) is 2. The van der Waals surface area contributed by atoms with Gasteiger partial charge in [-0.05, 0) is 25.1 Å². The molecule has 1 rings (SSSR count). The van der Waals surface area contributed by atoms with Gasteiger partial charge in [0.05, 0.1) is 17.8 Å². The Balaban J connectivity index is 3.21. The number of anilines is 1. The zero-order valence-corrected chi connectivity index (χ0v) is 10.5. The van der Waals surface area contributed by atoms with Crippen LogP contribution in [-0.2, 0) is 0 Å². The monoisotopic (exact) mass is 281 g/mol. The molecule has 0 radical (unpaired) electrons. The maximum Gasteiger partial charge on any atom is 0.337 e. The Morgan fingerprint density at radius 2 is 2.31 bits per heavy atom. The Labute approximate surface area is 103 Å². The Morgan fingerprint density at radius 1 is 1.62 bits per heavy atom. The van der Waals surface area contributed by atoms with Crippen LogP contribution in [-0.4, -0.2) is 24.2 Å². The van der Waals surface area contributed by atoms with Crippen LogP contribution in [0.3, 0.4) is 0 Å². The second kappa shape index (κ2) is 5.57. The van der Waals surface area contributed by atoms with Gasteiger partial charge in [-0.3, -0.25) is 0 Å². The number of benzene rings is 1. The summed E-state index contributed by atoms with van der Waals surface area (Å²) in [6.45, 7) is 3.01. The van der Waals surface area contributed by atoms with Crippen LogP contribution in [0.25, 0.3) is 0 Å². The summed E-state index contributed by atoms with van der Waals surface area (Å²) in [7, 11) is 0. The van der Waals surface area contributed by atoms with Crippen LogP contribution in [0.5, 0.6) is 0 Å². The minimum atomic E-state index is -0.952. The molecule has 0 heterocycles. The Morgan fingerprint density at radius 3 is 2.81 bits per heavy atom. The maximum absolute atomic E-state index is 11.1. The molecule has 1 N–H and O–H groups in total. The summed E-state index contributed by atoms with van der Waals surface area (Å²) >= 11 is 3.25. The Hall–Kier alpha value is -1.47. The number of halogens is 1. The molecular weight excluding hydrogens is 270 g/mol. The number of carboxylic acids is 1. The molecule has 0 aliphatic carbocycles. The number of carboxylic acid groups (broad SMARTS) is 1. The van der Waals surface area contributed by atoms with Crippen LogP contribution in [0.2, 0.25) is 0 Å². The molecule has 84 valence electrons. The molecule has 1 aromatic carbocycles. The van der Waals surface area contributed by atoms with E-state index in [0.29, 0.717) is 18.8 Å². The summed E-state index contributed by atoms with van der Waals surface area (Å²) in [6, 6.07) is 5.15. The summed E-state index contributed by atoms with van der Waals surface area (Å²) in [6.07, 6.45) is 5.25. The smallest absolute Gasteiger partial charge is 0.337 e. The minimum Gasteiger partial charge on any atom is -0.478 e. The summed E-state index contributed by atoms with van der Waals surface area (Å²) in [5.74, 6) is 1.57. The first-order chi connectivity index (χ1) is 7.60. The highest BCUT2D eigenvalue weighted by molar-refractivity contribution is 9.10. The van der Waals surface area contributed by atoms with E-state index < -0.39 is 5.97 Å². The van der Waals surface area contributed by atoms with E-state index in [0.717, 1.165) is 4.47 Å². The molecule has 0 unspecified atom stereocenters. The normalized spacial score (nSPS) is 9.56. The molecule has 0 atom stereocenters. The molecule has 1 aromatic rings. The van der Waals surface area contributed by atoms with Gasteiger partial charge < -0.3 is 10.0 Å². The van der Waals surface area contributed by atoms with Gasteiger partial charge in [0.2, 0.25) is 0 Å². The number of aromatic carboxylic acids is 1. The van der Waals surface area contributed by atoms with Crippen LogP contribution < -0.4 is 4.90 Å². The zero-order chi connectivity index (χ0) is 12.1. The average Bonchev–Trinajstić information content (AvgIpc) is 2.26. The lowest BCUT2D eigenvalue weighted by molar-refractivity contribution is 0.0697. The fourth-order valence-electron chi connectivity index (χ4n) is 1.43. The summed E-state index contributed by atoms with van der Waals surface area (Å²) in [4.78, 5) is 12.9. The molecule has 3 nitrogen and oxygen atoms in total. The second-order valence-corrected chi connectivity index (χ2v) is 4.10. The van der Waals surface area contributed by atoms with Gasteiger partial charge in [0.15, 0.2) is 0 Å². The third kappa shape index (κ3) is 2.77. The van der Waals surface area contributed by atoms with Gasteiger partial charge in [0.1, 0.15) is 0 Å². The van der Waals surface area contributed by atoms with E-state index in [1.54, 1.807) is 18.2 Å². The Bertz CT molecular complexity index is 437. The standard InChI is InChI=1S/C12H12BrNO2/c1-3-7-14(4-2)11-6-5-9(13)8-10(11)12(15)16/h1,5-6,8H,4,7H2,2H3,(H,15,16). The van der Waals surface area contributed by atoms with Gasteiger partial charge in [-0.2, -0.15) is 0 Å². The molecule has 0 saturated carbocycles. The Kier molecular flexibility index (Phi) is 4.39. The van der Waals surface area contributed by atoms with E-state index in [1.165, 1.54) is 0 Å². The van der Waals surface area contributed by atoms with E-state index in [2.05, 4.69) is 21.9 Å². The highest BCUT2D eigenvalue weighted by Crippen LogP contribution is 2.24. The number of hydrogen-bond donors (Lipinski definition) is 1. The summed E-state index contributed by atoms with van der Waals surface area (Å²) in [5, 5.41) is 9.10. The van der Waals surface area contributed by atoms with Gasteiger partial charge in [-0.15, -0.1) is 6.42 Å². The number of nitrogens with zero attached hydrogens (tertiary/aromatic N) is 1. The maximum atomic E-state index is 11.1. The van der Waals surface area contributed by atoms with Crippen LogP contribution in [0.15, 0.2) is 22.7 Å². The van der Waals surface area contributed by atoms with Crippen LogP contribution in [0, 0.1) is 12.3 Å². The van der Waals surface area contributed by atoms with Gasteiger partial charge in [0, 0.05) is 11.0 Å². The van der Waals surface area contributed by atoms with Crippen molar-refractivity contribution >= 4 is 27.6 Å². The largest absolute Gasteiger partial charge is 0.478 e. The fraction of sp³-hybridized carbons (Fsp3) is 0.250. The molecule has 0 spiro atoms. The quantitative estimate of drug-likeness (QED) is 0.863. The van der Waals surface area contributed by atoms with Crippen molar-refractivity contribution in [2.24, 2.45) is 0 Å². The predicted molar refractivity (Wildman–Crippen MR) is 67.8 cm³/mol. The highest BCUT2D eigenvalue weighted by atomic mass is 79.9. The van der Waals surface area contributed by atoms with Crippen molar-refractivity contribution in [1.82, 2.24) is 0 Å². The SMILES string of the molecule is C#CCN(CC)c1ccc(Br)cc1C(=O)O. The van der Waals surface area contributed by atoms with E-state index in [-0.39, 0.29) is 5.56 Å². The van der Waals surface area contributed by atoms with Crippen LogP contribution in [0.4, 0.5) is 5.69 Å². The first kappa shape index (κ1) is 12.6. The fourth-order valence-corrected chi connectivity index (χ4v) is 1.79. The molecule has 0 fully saturated rings. The molecule has 16 heavy (non-hydrogen) atoms. The molecule has 4 heteroatoms. The topological polar surface area (TPSA) is 40.5 Å². The lowest BCUT2D eigenvalue weighted by Crippen LogP contribution is -2.25. The average molecular weight is 282 g/mol. The van der Waals surface area contributed by atoms with Crippen LogP contribution >= 0.6 is 15.9 Å². The number of terminal acetylenes is 1. The highest BCUT2D eigenvalue weighted by Gasteiger charge is 2.14. The lowest BCUT2D eigenvalue weighted by Gasteiger charge is -2.22. The van der Waals surface area contributed by atoms with Gasteiger partial charge in [0.25, 0.3) is 0 Å². The van der Waals surface area contributed by atoms with Crippen molar-refractivity contribution in [2.45, 2.75) is 6.92 Å². The predicted octanol–water partition coefficient (Wildman–Crippen LogP) is 2.61. The van der Waals surface area contributed by atoms with Crippen molar-refractivity contribution in [3.05, 3.63) is 28.2 Å². The van der Waals surface area contributed by atoms with Crippen molar-refractivity contribution in [3.8, 4) is 12.3 Å². The zero-order valence-electron chi connectivity index (χ0n) is 8.90. The third-order valence-corrected chi connectivity index (χ3v) is 2.69. The molecule has 0 aliphatic rings. The number of rotatable bonds is 4. The van der Waals surface area contributed by atoms with Crippen molar-refractivity contribution < 1.29 is 9.90 Å². The molecule has 0 saturated heterocycles. The van der Waals surface area contributed by atoms with E-state index in [4.69, 9.17) is 11.5 Å². The second-order valence-electron chi connectivity index (χ2n) is 3.18. The van der Waals surface area contributed by atoms with E-state index in [9.17, 15) is 4.79 Å². The molecule has 0 aliphatic heterocycles. The summed E-state index contributed by atoms with van der Waals surface area (Å²) < 4.78 is 0.741. The number of carbonyl (C=O) groups is 1. The molecule has 0 amide bonds. The lowest BCUT2D eigenvalue weighted by atomic mass is 10.1. The van der Waals surface area contributed by atoms with Gasteiger partial charge >= 0.3 is 5.97 Å². The van der Waals surface area contributed by atoms with Gasteiger partial charge in [-0.25, -0.2) is 4.79 Å².